The number of hydrogen-bond acceptors (Lipinski definition) is 3. The molecule has 1 atom stereocenters. The van der Waals surface area contributed by atoms with Crippen molar-refractivity contribution >= 4 is 27.5 Å². The summed E-state index contributed by atoms with van der Waals surface area (Å²) in [6, 6.07) is 1.72. The molecule has 16 heavy (non-hydrogen) atoms. The fraction of sp³-hybridized carbons (Fsp3) is 0.300. The van der Waals surface area contributed by atoms with Crippen molar-refractivity contribution in [3.63, 3.8) is 0 Å². The summed E-state index contributed by atoms with van der Waals surface area (Å²) in [6.07, 6.45) is 2.10. The first-order valence-electron chi connectivity index (χ1n) is 4.77. The lowest BCUT2D eigenvalue weighted by Crippen LogP contribution is -2.09. The number of furan rings is 1. The van der Waals surface area contributed by atoms with Gasteiger partial charge >= 0.3 is 0 Å². The van der Waals surface area contributed by atoms with Crippen LogP contribution in [0.2, 0.25) is 5.02 Å². The highest BCUT2D eigenvalue weighted by Gasteiger charge is 2.23. The second-order valence-electron chi connectivity index (χ2n) is 3.23. The molecular formula is C10H10BrClN2O2. The van der Waals surface area contributed by atoms with Crippen LogP contribution in [0.3, 0.4) is 0 Å². The van der Waals surface area contributed by atoms with E-state index in [1.165, 1.54) is 12.5 Å². The van der Waals surface area contributed by atoms with Crippen molar-refractivity contribution in [2.24, 2.45) is 0 Å². The summed E-state index contributed by atoms with van der Waals surface area (Å²) in [5, 5.41) is 14.7. The van der Waals surface area contributed by atoms with Crippen LogP contribution in [0.1, 0.15) is 24.5 Å². The number of aliphatic hydroxyl groups is 1. The average Bonchev–Trinajstić information content (AvgIpc) is 2.83. The van der Waals surface area contributed by atoms with E-state index in [0.717, 1.165) is 0 Å². The van der Waals surface area contributed by atoms with Gasteiger partial charge in [0.15, 0.2) is 11.9 Å². The molecule has 0 aromatic carbocycles. The third-order valence-electron chi connectivity index (χ3n) is 2.28. The minimum atomic E-state index is -0.917. The second-order valence-corrected chi connectivity index (χ2v) is 4.49. The molecule has 0 bridgehead atoms. The van der Waals surface area contributed by atoms with Crippen LogP contribution >= 0.6 is 27.5 Å². The number of aryl methyl sites for hydroxylation is 1. The van der Waals surface area contributed by atoms with Crippen LogP contribution in [0, 0.1) is 0 Å². The van der Waals surface area contributed by atoms with E-state index >= 15 is 0 Å². The molecule has 2 rings (SSSR count). The molecular weight excluding hydrogens is 295 g/mol. The molecule has 0 saturated heterocycles. The van der Waals surface area contributed by atoms with Gasteiger partial charge in [-0.2, -0.15) is 5.10 Å². The van der Waals surface area contributed by atoms with Crippen molar-refractivity contribution in [1.82, 2.24) is 9.78 Å². The molecule has 0 amide bonds. The first-order chi connectivity index (χ1) is 7.65. The second kappa shape index (κ2) is 4.61. The molecule has 2 aromatic rings. The molecule has 6 heteroatoms. The predicted octanol–water partition coefficient (Wildman–Crippen LogP) is 2.99. The monoisotopic (exact) mass is 304 g/mol. The van der Waals surface area contributed by atoms with E-state index in [1.807, 2.05) is 6.92 Å². The maximum Gasteiger partial charge on any atom is 0.156 e. The Bertz CT molecular complexity index is 495. The van der Waals surface area contributed by atoms with Gasteiger partial charge in [-0.1, -0.05) is 11.6 Å². The van der Waals surface area contributed by atoms with Gasteiger partial charge in [-0.05, 0) is 28.9 Å². The van der Waals surface area contributed by atoms with Crippen molar-refractivity contribution < 1.29 is 9.52 Å². The molecule has 2 heterocycles. The summed E-state index contributed by atoms with van der Waals surface area (Å²) in [5.74, 6) is 0.428. The molecule has 0 radical (unpaired) electrons. The summed E-state index contributed by atoms with van der Waals surface area (Å²) in [6.45, 7) is 2.56. The van der Waals surface area contributed by atoms with Gasteiger partial charge in [-0.15, -0.1) is 0 Å². The molecule has 1 N–H and O–H groups in total. The van der Waals surface area contributed by atoms with E-state index in [2.05, 4.69) is 21.0 Å². The SMILES string of the molecule is CCn1ncc(Cl)c1C(O)c1occc1Br. The molecule has 0 aliphatic carbocycles. The van der Waals surface area contributed by atoms with Crippen LogP contribution < -0.4 is 0 Å². The van der Waals surface area contributed by atoms with Gasteiger partial charge in [-0.25, -0.2) is 0 Å². The first kappa shape index (κ1) is 11.7. The van der Waals surface area contributed by atoms with Crippen LogP contribution in [0.25, 0.3) is 0 Å². The van der Waals surface area contributed by atoms with Gasteiger partial charge in [-0.3, -0.25) is 4.68 Å². The minimum Gasteiger partial charge on any atom is -0.465 e. The predicted molar refractivity (Wildman–Crippen MR) is 63.4 cm³/mol. The first-order valence-corrected chi connectivity index (χ1v) is 5.94. The molecule has 0 aliphatic rings. The van der Waals surface area contributed by atoms with Gasteiger partial charge in [0.2, 0.25) is 0 Å². The van der Waals surface area contributed by atoms with E-state index in [1.54, 1.807) is 10.7 Å². The van der Waals surface area contributed by atoms with Crippen LogP contribution in [0.5, 0.6) is 0 Å². The zero-order valence-electron chi connectivity index (χ0n) is 8.52. The summed E-state index contributed by atoms with van der Waals surface area (Å²) in [7, 11) is 0. The minimum absolute atomic E-state index is 0.428. The zero-order valence-corrected chi connectivity index (χ0v) is 10.9. The number of rotatable bonds is 3. The fourth-order valence-electron chi connectivity index (χ4n) is 1.52. The summed E-state index contributed by atoms with van der Waals surface area (Å²) in [4.78, 5) is 0. The Morgan fingerprint density at radius 2 is 2.44 bits per heavy atom. The van der Waals surface area contributed by atoms with Crippen molar-refractivity contribution in [2.75, 3.05) is 0 Å². The van der Waals surface area contributed by atoms with Crippen LogP contribution in [0.15, 0.2) is 27.4 Å². The normalized spacial score (nSPS) is 13.0. The van der Waals surface area contributed by atoms with Crippen LogP contribution in [-0.2, 0) is 6.54 Å². The molecule has 1 unspecified atom stereocenters. The van der Waals surface area contributed by atoms with E-state index < -0.39 is 6.10 Å². The third kappa shape index (κ3) is 1.90. The number of nitrogens with zero attached hydrogens (tertiary/aromatic N) is 2. The van der Waals surface area contributed by atoms with Crippen molar-refractivity contribution in [1.29, 1.82) is 0 Å². The summed E-state index contributed by atoms with van der Waals surface area (Å²) >= 11 is 9.28. The molecule has 0 spiro atoms. The number of hydrogen-bond donors (Lipinski definition) is 1. The molecule has 4 nitrogen and oxygen atoms in total. The number of halogens is 2. The van der Waals surface area contributed by atoms with Gasteiger partial charge in [0.05, 0.1) is 27.6 Å². The topological polar surface area (TPSA) is 51.2 Å². The number of aromatic nitrogens is 2. The molecule has 0 fully saturated rings. The summed E-state index contributed by atoms with van der Waals surface area (Å²) in [5.41, 5.74) is 0.541. The van der Waals surface area contributed by atoms with Crippen LogP contribution in [0.4, 0.5) is 0 Å². The Kier molecular flexibility index (Phi) is 3.37. The lowest BCUT2D eigenvalue weighted by atomic mass is 10.2. The third-order valence-corrected chi connectivity index (χ3v) is 3.23. The molecule has 86 valence electrons. The fourth-order valence-corrected chi connectivity index (χ4v) is 2.18. The lowest BCUT2D eigenvalue weighted by molar-refractivity contribution is 0.177. The average molecular weight is 306 g/mol. The molecule has 0 saturated carbocycles. The highest BCUT2D eigenvalue weighted by atomic mass is 79.9. The smallest absolute Gasteiger partial charge is 0.156 e. The highest BCUT2D eigenvalue weighted by molar-refractivity contribution is 9.10. The quantitative estimate of drug-likeness (QED) is 0.948. The molecule has 2 aromatic heterocycles. The van der Waals surface area contributed by atoms with Crippen molar-refractivity contribution in [2.45, 2.75) is 19.6 Å². The Morgan fingerprint density at radius 1 is 1.69 bits per heavy atom. The Hall–Kier alpha value is -0.780. The summed E-state index contributed by atoms with van der Waals surface area (Å²) < 4.78 is 7.56. The van der Waals surface area contributed by atoms with E-state index in [9.17, 15) is 5.11 Å². The highest BCUT2D eigenvalue weighted by Crippen LogP contribution is 2.32. The van der Waals surface area contributed by atoms with Crippen LogP contribution in [-0.4, -0.2) is 14.9 Å². The van der Waals surface area contributed by atoms with Crippen molar-refractivity contribution in [3.05, 3.63) is 39.5 Å². The van der Waals surface area contributed by atoms with E-state index in [0.29, 0.717) is 27.5 Å². The van der Waals surface area contributed by atoms with Crippen molar-refractivity contribution in [3.8, 4) is 0 Å². The maximum atomic E-state index is 10.2. The number of aliphatic hydroxyl groups excluding tert-OH is 1. The van der Waals surface area contributed by atoms with E-state index in [4.69, 9.17) is 16.0 Å². The largest absolute Gasteiger partial charge is 0.465 e. The molecule has 0 aliphatic heterocycles. The Labute approximate surface area is 106 Å². The van der Waals surface area contributed by atoms with Gasteiger partial charge in [0, 0.05) is 6.54 Å². The van der Waals surface area contributed by atoms with Gasteiger partial charge < -0.3 is 9.52 Å². The van der Waals surface area contributed by atoms with E-state index in [-0.39, 0.29) is 0 Å². The van der Waals surface area contributed by atoms with Gasteiger partial charge in [0.1, 0.15) is 0 Å². The standard InChI is InChI=1S/C10H10BrClN2O2/c1-2-14-8(7(12)5-13-14)9(15)10-6(11)3-4-16-10/h3-5,9,15H,2H2,1H3. The lowest BCUT2D eigenvalue weighted by Gasteiger charge is -2.11. The zero-order chi connectivity index (χ0) is 11.7. The Balaban J connectivity index is 2.44. The maximum absolute atomic E-state index is 10.2. The Morgan fingerprint density at radius 3 is 3.00 bits per heavy atom. The van der Waals surface area contributed by atoms with Gasteiger partial charge in [0.25, 0.3) is 0 Å².